The van der Waals surface area contributed by atoms with Gasteiger partial charge in [-0.2, -0.15) is 0 Å². The van der Waals surface area contributed by atoms with E-state index in [2.05, 4.69) is 35.4 Å². The maximum absolute atomic E-state index is 12.1. The van der Waals surface area contributed by atoms with Gasteiger partial charge in [0.25, 0.3) is 0 Å². The van der Waals surface area contributed by atoms with Crippen LogP contribution in [0, 0.1) is 6.92 Å². The standard InChI is InChI=1S/C23H24N4O3S/c1-14(2)19-11-20-17(10-22(28)30-21(20)9-15(19)3)13-31-23-24-25-26-27(23)12-16-5-7-18(29-4)8-6-16/h5-11,14H,12-13H2,1-4H3. The number of aromatic nitrogens is 4. The first-order chi connectivity index (χ1) is 14.9. The number of tetrazole rings is 1. The van der Waals surface area contributed by atoms with Gasteiger partial charge in [0.05, 0.1) is 13.7 Å². The molecule has 2 heterocycles. The topological polar surface area (TPSA) is 83.0 Å². The normalized spacial score (nSPS) is 11.4. The Kier molecular flexibility index (Phi) is 6.08. The van der Waals surface area contributed by atoms with Crippen LogP contribution in [0.25, 0.3) is 11.0 Å². The van der Waals surface area contributed by atoms with Gasteiger partial charge in [0.2, 0.25) is 5.16 Å². The summed E-state index contributed by atoms with van der Waals surface area (Å²) in [6, 6.07) is 13.4. The molecule has 0 saturated heterocycles. The lowest BCUT2D eigenvalue weighted by atomic mass is 9.95. The quantitative estimate of drug-likeness (QED) is 0.310. The van der Waals surface area contributed by atoms with E-state index in [9.17, 15) is 4.79 Å². The summed E-state index contributed by atoms with van der Waals surface area (Å²) in [5.41, 5.74) is 4.62. The highest BCUT2D eigenvalue weighted by Gasteiger charge is 2.14. The van der Waals surface area contributed by atoms with Gasteiger partial charge < -0.3 is 9.15 Å². The van der Waals surface area contributed by atoms with Crippen molar-refractivity contribution in [1.29, 1.82) is 0 Å². The van der Waals surface area contributed by atoms with E-state index in [-0.39, 0.29) is 5.63 Å². The van der Waals surface area contributed by atoms with Crippen LogP contribution in [0.5, 0.6) is 5.75 Å². The van der Waals surface area contributed by atoms with E-state index in [1.165, 1.54) is 17.3 Å². The van der Waals surface area contributed by atoms with Crippen LogP contribution in [-0.2, 0) is 12.3 Å². The predicted octanol–water partition coefficient (Wildman–Crippen LogP) is 4.56. The number of ether oxygens (including phenoxy) is 1. The molecule has 0 aliphatic rings. The summed E-state index contributed by atoms with van der Waals surface area (Å²) in [7, 11) is 1.64. The van der Waals surface area contributed by atoms with Crippen molar-refractivity contribution in [1.82, 2.24) is 20.2 Å². The number of thioether (sulfide) groups is 1. The van der Waals surface area contributed by atoms with Gasteiger partial charge in [0, 0.05) is 17.2 Å². The molecule has 4 rings (SSSR count). The van der Waals surface area contributed by atoms with Crippen LogP contribution in [0.3, 0.4) is 0 Å². The lowest BCUT2D eigenvalue weighted by Crippen LogP contribution is -2.05. The van der Waals surface area contributed by atoms with Crippen LogP contribution in [0.4, 0.5) is 0 Å². The molecule has 160 valence electrons. The number of fused-ring (bicyclic) bond motifs is 1. The van der Waals surface area contributed by atoms with E-state index >= 15 is 0 Å². The molecule has 31 heavy (non-hydrogen) atoms. The zero-order valence-electron chi connectivity index (χ0n) is 18.0. The van der Waals surface area contributed by atoms with E-state index in [0.717, 1.165) is 27.8 Å². The van der Waals surface area contributed by atoms with Gasteiger partial charge in [0.15, 0.2) is 0 Å². The van der Waals surface area contributed by atoms with Crippen molar-refractivity contribution < 1.29 is 9.15 Å². The van der Waals surface area contributed by atoms with Crippen molar-refractivity contribution in [2.75, 3.05) is 7.11 Å². The molecule has 0 atom stereocenters. The zero-order chi connectivity index (χ0) is 22.0. The second kappa shape index (κ2) is 8.93. The minimum absolute atomic E-state index is 0.349. The highest BCUT2D eigenvalue weighted by atomic mass is 32.2. The van der Waals surface area contributed by atoms with Crippen molar-refractivity contribution in [2.24, 2.45) is 0 Å². The Morgan fingerprint density at radius 1 is 1.16 bits per heavy atom. The molecular formula is C23H24N4O3S. The summed E-state index contributed by atoms with van der Waals surface area (Å²) in [6.07, 6.45) is 0. The van der Waals surface area contributed by atoms with Crippen LogP contribution < -0.4 is 10.4 Å². The Morgan fingerprint density at radius 2 is 1.94 bits per heavy atom. The first-order valence-corrected chi connectivity index (χ1v) is 11.0. The average molecular weight is 437 g/mol. The monoisotopic (exact) mass is 436 g/mol. The minimum Gasteiger partial charge on any atom is -0.497 e. The predicted molar refractivity (Wildman–Crippen MR) is 121 cm³/mol. The maximum Gasteiger partial charge on any atom is 0.336 e. The first kappa shape index (κ1) is 21.1. The molecule has 2 aromatic carbocycles. The second-order valence-electron chi connectivity index (χ2n) is 7.71. The van der Waals surface area contributed by atoms with Crippen LogP contribution in [0.2, 0.25) is 0 Å². The lowest BCUT2D eigenvalue weighted by molar-refractivity contribution is 0.414. The third-order valence-corrected chi connectivity index (χ3v) is 6.19. The molecule has 0 saturated carbocycles. The van der Waals surface area contributed by atoms with Gasteiger partial charge in [-0.1, -0.05) is 37.7 Å². The van der Waals surface area contributed by atoms with Crippen molar-refractivity contribution in [3.05, 3.63) is 75.1 Å². The summed E-state index contributed by atoms with van der Waals surface area (Å²) in [4.78, 5) is 12.1. The van der Waals surface area contributed by atoms with E-state index in [1.54, 1.807) is 17.9 Å². The summed E-state index contributed by atoms with van der Waals surface area (Å²) in [6.45, 7) is 6.92. The Morgan fingerprint density at radius 3 is 2.65 bits per heavy atom. The van der Waals surface area contributed by atoms with E-state index in [4.69, 9.17) is 9.15 Å². The molecule has 7 nitrogen and oxygen atoms in total. The summed E-state index contributed by atoms with van der Waals surface area (Å²) >= 11 is 1.50. The van der Waals surface area contributed by atoms with Gasteiger partial charge in [-0.15, -0.1) is 5.10 Å². The number of hydrogen-bond acceptors (Lipinski definition) is 7. The molecule has 0 amide bonds. The number of benzene rings is 2. The van der Waals surface area contributed by atoms with Gasteiger partial charge in [-0.25, -0.2) is 9.48 Å². The zero-order valence-corrected chi connectivity index (χ0v) is 18.8. The molecular weight excluding hydrogens is 412 g/mol. The Hall–Kier alpha value is -3.13. The van der Waals surface area contributed by atoms with Gasteiger partial charge in [-0.3, -0.25) is 0 Å². The first-order valence-electron chi connectivity index (χ1n) is 10.0. The van der Waals surface area contributed by atoms with Crippen LogP contribution in [-0.4, -0.2) is 27.3 Å². The molecule has 0 bridgehead atoms. The molecule has 2 aromatic heterocycles. The van der Waals surface area contributed by atoms with E-state index in [0.29, 0.717) is 29.0 Å². The Balaban J connectivity index is 1.59. The fourth-order valence-electron chi connectivity index (χ4n) is 3.58. The van der Waals surface area contributed by atoms with Crippen molar-refractivity contribution in [3.63, 3.8) is 0 Å². The van der Waals surface area contributed by atoms with Crippen molar-refractivity contribution in [2.45, 2.75) is 44.1 Å². The third-order valence-electron chi connectivity index (χ3n) is 5.19. The Labute approximate surface area is 184 Å². The fraction of sp³-hybridized carbons (Fsp3) is 0.304. The molecule has 0 aliphatic carbocycles. The van der Waals surface area contributed by atoms with Crippen LogP contribution >= 0.6 is 11.8 Å². The number of rotatable bonds is 7. The summed E-state index contributed by atoms with van der Waals surface area (Å²) in [5, 5.41) is 13.8. The molecule has 0 spiro atoms. The number of methoxy groups -OCH3 is 1. The molecule has 0 fully saturated rings. The van der Waals surface area contributed by atoms with Crippen molar-refractivity contribution in [3.8, 4) is 5.75 Å². The summed E-state index contributed by atoms with van der Waals surface area (Å²) in [5.74, 6) is 1.75. The molecule has 8 heteroatoms. The lowest BCUT2D eigenvalue weighted by Gasteiger charge is -2.13. The number of nitrogens with zero attached hydrogens (tertiary/aromatic N) is 4. The SMILES string of the molecule is COc1ccc(Cn2nnnc2SCc2cc(=O)oc3cc(C)c(C(C)C)cc23)cc1. The molecule has 0 radical (unpaired) electrons. The van der Waals surface area contributed by atoms with E-state index in [1.807, 2.05) is 37.3 Å². The average Bonchev–Trinajstić information content (AvgIpc) is 3.18. The Bertz CT molecular complexity index is 1260. The minimum atomic E-state index is -0.349. The van der Waals surface area contributed by atoms with Crippen molar-refractivity contribution >= 4 is 22.7 Å². The maximum atomic E-state index is 12.1. The molecule has 4 aromatic rings. The summed E-state index contributed by atoms with van der Waals surface area (Å²) < 4.78 is 12.4. The molecule has 0 unspecified atom stereocenters. The van der Waals surface area contributed by atoms with Crippen LogP contribution in [0.1, 0.15) is 42.0 Å². The second-order valence-corrected chi connectivity index (χ2v) is 8.65. The number of hydrogen-bond donors (Lipinski definition) is 0. The van der Waals surface area contributed by atoms with Gasteiger partial charge in [-0.05, 0) is 69.8 Å². The smallest absolute Gasteiger partial charge is 0.336 e. The van der Waals surface area contributed by atoms with Gasteiger partial charge >= 0.3 is 5.63 Å². The highest BCUT2D eigenvalue weighted by molar-refractivity contribution is 7.98. The molecule has 0 N–H and O–H groups in total. The third kappa shape index (κ3) is 4.64. The largest absolute Gasteiger partial charge is 0.497 e. The van der Waals surface area contributed by atoms with Gasteiger partial charge in [0.1, 0.15) is 11.3 Å². The molecule has 0 aliphatic heterocycles. The van der Waals surface area contributed by atoms with Crippen LogP contribution in [0.15, 0.2) is 56.8 Å². The van der Waals surface area contributed by atoms with E-state index < -0.39 is 0 Å². The highest BCUT2D eigenvalue weighted by Crippen LogP contribution is 2.30. The fourth-order valence-corrected chi connectivity index (χ4v) is 4.45. The number of aryl methyl sites for hydroxylation is 1.